The average molecular weight is 592 g/mol. The summed E-state index contributed by atoms with van der Waals surface area (Å²) in [5.74, 6) is -3.34. The molecule has 1 heterocycles. The molecule has 0 radical (unpaired) electrons. The van der Waals surface area contributed by atoms with Crippen LogP contribution in [0.2, 0.25) is 0 Å². The fraction of sp³-hybridized carbons (Fsp3) is 0.346. The minimum atomic E-state index is -4.69. The third-order valence-corrected chi connectivity index (χ3v) is 6.31. The Morgan fingerprint density at radius 1 is 1.15 bits per heavy atom. The second kappa shape index (κ2) is 11.8. The summed E-state index contributed by atoms with van der Waals surface area (Å²) in [6, 6.07) is 4.38. The standard InChI is InChI=1S/C26H23Cl2F4NO6/c1-13(9-11-19(34)39-18-7-5-4-6-17(18)26(30,31)32)8-10-15-21(33-24(36)25(27,28)29)20-16(12-38-23(20)35)14(2)22(15)37-3/h4-8H,9-12H2,1-3H3,(H,33,36)/b13-8+. The number of halogens is 6. The number of fused-ring (bicyclic) bond motifs is 1. The number of methoxy groups -OCH3 is 1. The van der Waals surface area contributed by atoms with Gasteiger partial charge in [0.2, 0.25) is 0 Å². The topological polar surface area (TPSA) is 90.9 Å². The van der Waals surface area contributed by atoms with Gasteiger partial charge in [0.25, 0.3) is 5.91 Å². The monoisotopic (exact) mass is 591 g/mol. The summed E-state index contributed by atoms with van der Waals surface area (Å²) < 4.78 is 65.6. The SMILES string of the molecule is COc1c(C)c2c(c(NC(=O)C(F)(Cl)Cl)c1C/C=C(\C)CCC(=O)Oc1ccccc1C(F)(F)F)C(=O)OC2. The van der Waals surface area contributed by atoms with Gasteiger partial charge in [-0.1, -0.05) is 47.0 Å². The number of rotatable bonds is 9. The number of alkyl halides is 6. The van der Waals surface area contributed by atoms with Crippen molar-refractivity contribution in [2.75, 3.05) is 12.4 Å². The number of esters is 2. The van der Waals surface area contributed by atoms with Gasteiger partial charge in [-0.15, -0.1) is 0 Å². The number of carbonyl (C=O) groups is 3. The van der Waals surface area contributed by atoms with Crippen LogP contribution in [0.1, 0.15) is 52.4 Å². The zero-order valence-electron chi connectivity index (χ0n) is 20.9. The van der Waals surface area contributed by atoms with Crippen LogP contribution in [0.15, 0.2) is 35.9 Å². The maximum Gasteiger partial charge on any atom is 0.419 e. The Labute approximate surface area is 231 Å². The van der Waals surface area contributed by atoms with E-state index in [9.17, 15) is 31.9 Å². The largest absolute Gasteiger partial charge is 0.496 e. The molecule has 0 spiro atoms. The summed E-state index contributed by atoms with van der Waals surface area (Å²) in [6.45, 7) is 3.26. The Kier molecular flexibility index (Phi) is 9.17. The van der Waals surface area contributed by atoms with Crippen molar-refractivity contribution in [1.82, 2.24) is 0 Å². The van der Waals surface area contributed by atoms with Crippen LogP contribution in [0.5, 0.6) is 11.5 Å². The fourth-order valence-corrected chi connectivity index (χ4v) is 4.11. The van der Waals surface area contributed by atoms with Crippen LogP contribution in [-0.4, -0.2) is 29.5 Å². The second-order valence-corrected chi connectivity index (χ2v) is 9.85. The number of anilines is 1. The fourth-order valence-electron chi connectivity index (χ4n) is 4.02. The summed E-state index contributed by atoms with van der Waals surface area (Å²) >= 11 is 10.6. The van der Waals surface area contributed by atoms with E-state index in [4.69, 9.17) is 37.4 Å². The number of benzene rings is 2. The van der Waals surface area contributed by atoms with Crippen LogP contribution in [0.3, 0.4) is 0 Å². The molecule has 1 aliphatic heterocycles. The first kappa shape index (κ1) is 30.2. The molecule has 39 heavy (non-hydrogen) atoms. The van der Waals surface area contributed by atoms with E-state index in [1.165, 1.54) is 19.2 Å². The molecule has 7 nitrogen and oxygen atoms in total. The molecule has 2 aromatic rings. The van der Waals surface area contributed by atoms with Gasteiger partial charge in [-0.25, -0.2) is 4.79 Å². The molecule has 0 bridgehead atoms. The molecular formula is C26H23Cl2F4NO6. The molecule has 1 amide bonds. The van der Waals surface area contributed by atoms with Crippen LogP contribution in [0, 0.1) is 6.92 Å². The Morgan fingerprint density at radius 2 is 1.82 bits per heavy atom. The second-order valence-electron chi connectivity index (χ2n) is 8.62. The van der Waals surface area contributed by atoms with E-state index in [-0.39, 0.29) is 37.1 Å². The quantitative estimate of drug-likeness (QED) is 0.116. The van der Waals surface area contributed by atoms with Crippen molar-refractivity contribution in [3.63, 3.8) is 0 Å². The average Bonchev–Trinajstić information content (AvgIpc) is 3.24. The molecular weight excluding hydrogens is 569 g/mol. The van der Waals surface area contributed by atoms with E-state index in [2.05, 4.69) is 5.32 Å². The number of cyclic esters (lactones) is 1. The molecule has 0 atom stereocenters. The molecule has 0 saturated heterocycles. The van der Waals surface area contributed by atoms with E-state index in [1.807, 2.05) is 0 Å². The first-order valence-corrected chi connectivity index (χ1v) is 12.2. The highest BCUT2D eigenvalue weighted by Crippen LogP contribution is 2.42. The highest BCUT2D eigenvalue weighted by Gasteiger charge is 2.38. The van der Waals surface area contributed by atoms with Crippen molar-refractivity contribution in [3.8, 4) is 11.5 Å². The molecule has 2 aromatic carbocycles. The Morgan fingerprint density at radius 3 is 2.44 bits per heavy atom. The Balaban J connectivity index is 1.83. The van der Waals surface area contributed by atoms with Crippen molar-refractivity contribution in [3.05, 3.63) is 63.7 Å². The minimum Gasteiger partial charge on any atom is -0.496 e. The number of ether oxygens (including phenoxy) is 3. The first-order valence-electron chi connectivity index (χ1n) is 11.4. The van der Waals surface area contributed by atoms with Crippen LogP contribution >= 0.6 is 23.2 Å². The van der Waals surface area contributed by atoms with Crippen molar-refractivity contribution < 1.29 is 46.2 Å². The molecule has 210 valence electrons. The number of para-hydroxylation sites is 1. The lowest BCUT2D eigenvalue weighted by Gasteiger charge is -2.20. The van der Waals surface area contributed by atoms with Gasteiger partial charge < -0.3 is 19.5 Å². The molecule has 0 unspecified atom stereocenters. The molecule has 1 N–H and O–H groups in total. The molecule has 0 fully saturated rings. The summed E-state index contributed by atoms with van der Waals surface area (Å²) in [4.78, 5) is 37.0. The molecule has 3 rings (SSSR count). The lowest BCUT2D eigenvalue weighted by Crippen LogP contribution is -2.29. The number of carbonyl (C=O) groups excluding carboxylic acids is 3. The summed E-state index contributed by atoms with van der Waals surface area (Å²) in [7, 11) is 1.37. The van der Waals surface area contributed by atoms with Gasteiger partial charge in [0.1, 0.15) is 18.1 Å². The zero-order chi connectivity index (χ0) is 29.1. The summed E-state index contributed by atoms with van der Waals surface area (Å²) in [5.41, 5.74) is 0.775. The van der Waals surface area contributed by atoms with Crippen molar-refractivity contribution in [2.45, 2.75) is 50.5 Å². The first-order chi connectivity index (χ1) is 18.1. The van der Waals surface area contributed by atoms with Gasteiger partial charge in [-0.2, -0.15) is 17.6 Å². The van der Waals surface area contributed by atoms with Gasteiger partial charge in [0, 0.05) is 17.5 Å². The third-order valence-electron chi connectivity index (χ3n) is 5.97. The van der Waals surface area contributed by atoms with Gasteiger partial charge in [-0.05, 0) is 44.4 Å². The van der Waals surface area contributed by atoms with Gasteiger partial charge in [0.05, 0.1) is 23.9 Å². The molecule has 1 aliphatic rings. The third kappa shape index (κ3) is 7.02. The molecule has 0 aliphatic carbocycles. The van der Waals surface area contributed by atoms with Crippen molar-refractivity contribution in [1.29, 1.82) is 0 Å². The van der Waals surface area contributed by atoms with Gasteiger partial charge >= 0.3 is 22.7 Å². The smallest absolute Gasteiger partial charge is 0.419 e. The zero-order valence-corrected chi connectivity index (χ0v) is 22.4. The van der Waals surface area contributed by atoms with Gasteiger partial charge in [0.15, 0.2) is 0 Å². The molecule has 0 saturated carbocycles. The lowest BCUT2D eigenvalue weighted by molar-refractivity contribution is -0.142. The highest BCUT2D eigenvalue weighted by atomic mass is 35.5. The van der Waals surface area contributed by atoms with E-state index in [1.54, 1.807) is 19.9 Å². The summed E-state index contributed by atoms with van der Waals surface area (Å²) in [5, 5.41) is 2.25. The van der Waals surface area contributed by atoms with Crippen molar-refractivity contribution >= 4 is 46.7 Å². The number of allylic oxidation sites excluding steroid dienone is 2. The minimum absolute atomic E-state index is 0.00666. The van der Waals surface area contributed by atoms with E-state index >= 15 is 0 Å². The maximum atomic E-state index is 13.9. The predicted octanol–water partition coefficient (Wildman–Crippen LogP) is 6.61. The number of hydrogen-bond donors (Lipinski definition) is 1. The van der Waals surface area contributed by atoms with E-state index < -0.39 is 39.9 Å². The lowest BCUT2D eigenvalue weighted by atomic mass is 9.93. The Hall–Kier alpha value is -3.31. The summed E-state index contributed by atoms with van der Waals surface area (Å²) in [6.07, 6.45) is -3.09. The van der Waals surface area contributed by atoms with Crippen LogP contribution in [-0.2, 0) is 33.5 Å². The van der Waals surface area contributed by atoms with Crippen LogP contribution in [0.4, 0.5) is 23.2 Å². The van der Waals surface area contributed by atoms with Crippen LogP contribution < -0.4 is 14.8 Å². The normalized spacial score (nSPS) is 13.6. The number of nitrogens with one attached hydrogen (secondary N) is 1. The maximum absolute atomic E-state index is 13.9. The van der Waals surface area contributed by atoms with Crippen molar-refractivity contribution in [2.24, 2.45) is 0 Å². The van der Waals surface area contributed by atoms with Gasteiger partial charge in [-0.3, -0.25) is 9.59 Å². The van der Waals surface area contributed by atoms with E-state index in [0.717, 1.165) is 12.1 Å². The highest BCUT2D eigenvalue weighted by molar-refractivity contribution is 6.57. The number of amides is 1. The van der Waals surface area contributed by atoms with E-state index in [0.29, 0.717) is 28.0 Å². The molecule has 13 heteroatoms. The predicted molar refractivity (Wildman–Crippen MR) is 135 cm³/mol. The molecule has 0 aromatic heterocycles. The Bertz CT molecular complexity index is 1340. The van der Waals surface area contributed by atoms with Crippen LogP contribution in [0.25, 0.3) is 0 Å². The number of hydrogen-bond acceptors (Lipinski definition) is 6.